The Morgan fingerprint density at radius 2 is 1.88 bits per heavy atom. The SMILES string of the molecule is CC(=O)Nc1ccc(C(O)CCC(=O)O)cc1. The summed E-state index contributed by atoms with van der Waals surface area (Å²) >= 11 is 0. The van der Waals surface area contributed by atoms with Gasteiger partial charge in [0.15, 0.2) is 0 Å². The Hall–Kier alpha value is -1.88. The van der Waals surface area contributed by atoms with Crippen molar-refractivity contribution in [1.29, 1.82) is 0 Å². The van der Waals surface area contributed by atoms with Gasteiger partial charge in [-0.2, -0.15) is 0 Å². The van der Waals surface area contributed by atoms with Gasteiger partial charge in [-0.1, -0.05) is 12.1 Å². The van der Waals surface area contributed by atoms with Gasteiger partial charge in [-0.3, -0.25) is 9.59 Å². The van der Waals surface area contributed by atoms with Gasteiger partial charge in [0.2, 0.25) is 5.91 Å². The second-order valence-corrected chi connectivity index (χ2v) is 3.75. The zero-order valence-corrected chi connectivity index (χ0v) is 9.51. The van der Waals surface area contributed by atoms with Crippen LogP contribution in [0.5, 0.6) is 0 Å². The Labute approximate surface area is 99.1 Å². The lowest BCUT2D eigenvalue weighted by atomic mass is 10.0. The van der Waals surface area contributed by atoms with Crippen LogP contribution in [0.15, 0.2) is 24.3 Å². The van der Waals surface area contributed by atoms with Crippen LogP contribution in [0.1, 0.15) is 31.4 Å². The average Bonchev–Trinajstić information content (AvgIpc) is 2.26. The summed E-state index contributed by atoms with van der Waals surface area (Å²) in [6.07, 6.45) is -0.693. The van der Waals surface area contributed by atoms with Crippen LogP contribution >= 0.6 is 0 Å². The molecule has 0 fully saturated rings. The maximum absolute atomic E-state index is 10.8. The van der Waals surface area contributed by atoms with Crippen LogP contribution in [0, 0.1) is 0 Å². The number of amides is 1. The monoisotopic (exact) mass is 237 g/mol. The zero-order valence-electron chi connectivity index (χ0n) is 9.51. The molecule has 0 aliphatic carbocycles. The average molecular weight is 237 g/mol. The minimum absolute atomic E-state index is 0.0748. The van der Waals surface area contributed by atoms with E-state index in [1.54, 1.807) is 24.3 Å². The quantitative estimate of drug-likeness (QED) is 0.725. The number of benzene rings is 1. The summed E-state index contributed by atoms with van der Waals surface area (Å²) in [5, 5.41) is 20.8. The number of rotatable bonds is 5. The van der Waals surface area contributed by atoms with E-state index in [4.69, 9.17) is 5.11 Å². The fourth-order valence-electron chi connectivity index (χ4n) is 1.42. The van der Waals surface area contributed by atoms with Crippen LogP contribution in [-0.2, 0) is 9.59 Å². The normalized spacial score (nSPS) is 11.9. The first kappa shape index (κ1) is 13.2. The number of aliphatic hydroxyl groups is 1. The number of carboxylic acids is 1. The maximum Gasteiger partial charge on any atom is 0.303 e. The lowest BCUT2D eigenvalue weighted by Crippen LogP contribution is -2.06. The first-order valence-corrected chi connectivity index (χ1v) is 5.26. The minimum atomic E-state index is -0.932. The number of carbonyl (C=O) groups is 2. The number of hydrogen-bond acceptors (Lipinski definition) is 3. The standard InChI is InChI=1S/C12H15NO4/c1-8(14)13-10-4-2-9(3-5-10)11(15)6-7-12(16)17/h2-5,11,15H,6-7H2,1H3,(H,13,14)(H,16,17). The van der Waals surface area contributed by atoms with Crippen LogP contribution in [0.2, 0.25) is 0 Å². The third-order valence-electron chi connectivity index (χ3n) is 2.25. The molecule has 1 aromatic rings. The van der Waals surface area contributed by atoms with Crippen LogP contribution in [0.25, 0.3) is 0 Å². The molecular formula is C12H15NO4. The number of hydrogen-bond donors (Lipinski definition) is 3. The van der Waals surface area contributed by atoms with Gasteiger partial charge in [-0.25, -0.2) is 0 Å². The van der Waals surface area contributed by atoms with E-state index in [9.17, 15) is 14.7 Å². The van der Waals surface area contributed by atoms with Crippen molar-refractivity contribution in [2.24, 2.45) is 0 Å². The molecule has 5 heteroatoms. The van der Waals surface area contributed by atoms with Crippen molar-refractivity contribution in [3.05, 3.63) is 29.8 Å². The van der Waals surface area contributed by atoms with E-state index in [-0.39, 0.29) is 18.7 Å². The highest BCUT2D eigenvalue weighted by molar-refractivity contribution is 5.88. The minimum Gasteiger partial charge on any atom is -0.481 e. The molecule has 0 heterocycles. The first-order chi connectivity index (χ1) is 7.99. The van der Waals surface area contributed by atoms with E-state index in [0.717, 1.165) is 0 Å². The van der Waals surface area contributed by atoms with Crippen LogP contribution in [0.3, 0.4) is 0 Å². The van der Waals surface area contributed by atoms with E-state index in [0.29, 0.717) is 11.3 Å². The summed E-state index contributed by atoms with van der Waals surface area (Å²) < 4.78 is 0. The molecule has 0 aliphatic heterocycles. The van der Waals surface area contributed by atoms with E-state index >= 15 is 0 Å². The molecule has 17 heavy (non-hydrogen) atoms. The molecule has 0 saturated heterocycles. The van der Waals surface area contributed by atoms with Crippen molar-refractivity contribution >= 4 is 17.6 Å². The lowest BCUT2D eigenvalue weighted by Gasteiger charge is -2.10. The van der Waals surface area contributed by atoms with Gasteiger partial charge in [-0.15, -0.1) is 0 Å². The van der Waals surface area contributed by atoms with E-state index in [2.05, 4.69) is 5.32 Å². The molecule has 0 radical (unpaired) electrons. The fourth-order valence-corrected chi connectivity index (χ4v) is 1.42. The molecule has 3 N–H and O–H groups in total. The summed E-state index contributed by atoms with van der Waals surface area (Å²) in [4.78, 5) is 21.1. The number of aliphatic hydroxyl groups excluding tert-OH is 1. The van der Waals surface area contributed by atoms with Gasteiger partial charge in [0.1, 0.15) is 0 Å². The first-order valence-electron chi connectivity index (χ1n) is 5.26. The predicted octanol–water partition coefficient (Wildman–Crippen LogP) is 1.54. The third-order valence-corrected chi connectivity index (χ3v) is 2.25. The Bertz CT molecular complexity index is 399. The van der Waals surface area contributed by atoms with E-state index in [1.807, 2.05) is 0 Å². The molecule has 92 valence electrons. The van der Waals surface area contributed by atoms with Crippen LogP contribution < -0.4 is 5.32 Å². The number of carbonyl (C=O) groups excluding carboxylic acids is 1. The molecule has 1 atom stereocenters. The molecule has 0 bridgehead atoms. The number of nitrogens with one attached hydrogen (secondary N) is 1. The summed E-state index contributed by atoms with van der Waals surface area (Å²) in [6, 6.07) is 6.66. The molecule has 5 nitrogen and oxygen atoms in total. The third kappa shape index (κ3) is 4.65. The maximum atomic E-state index is 10.8. The summed E-state index contributed by atoms with van der Waals surface area (Å²) in [6.45, 7) is 1.41. The molecule has 1 rings (SSSR count). The molecule has 1 unspecified atom stereocenters. The van der Waals surface area contributed by atoms with Crippen molar-refractivity contribution in [2.75, 3.05) is 5.32 Å². The second kappa shape index (κ2) is 6.00. The van der Waals surface area contributed by atoms with Crippen molar-refractivity contribution < 1.29 is 19.8 Å². The van der Waals surface area contributed by atoms with Crippen LogP contribution in [-0.4, -0.2) is 22.1 Å². The van der Waals surface area contributed by atoms with Gasteiger partial charge in [0.25, 0.3) is 0 Å². The van der Waals surface area contributed by atoms with Crippen molar-refractivity contribution in [1.82, 2.24) is 0 Å². The van der Waals surface area contributed by atoms with Gasteiger partial charge in [0, 0.05) is 19.0 Å². The predicted molar refractivity (Wildman–Crippen MR) is 62.6 cm³/mol. The number of anilines is 1. The molecule has 0 spiro atoms. The molecule has 0 saturated carbocycles. The number of carboxylic acid groups (broad SMARTS) is 1. The van der Waals surface area contributed by atoms with Crippen molar-refractivity contribution in [2.45, 2.75) is 25.9 Å². The van der Waals surface area contributed by atoms with Crippen LogP contribution in [0.4, 0.5) is 5.69 Å². The summed E-state index contributed by atoms with van der Waals surface area (Å²) in [5.41, 5.74) is 1.28. The van der Waals surface area contributed by atoms with Gasteiger partial charge in [0.05, 0.1) is 6.10 Å². The van der Waals surface area contributed by atoms with Crippen molar-refractivity contribution in [3.63, 3.8) is 0 Å². The van der Waals surface area contributed by atoms with Gasteiger partial charge in [-0.05, 0) is 24.1 Å². The number of aliphatic carboxylic acids is 1. The lowest BCUT2D eigenvalue weighted by molar-refractivity contribution is -0.137. The summed E-state index contributed by atoms with van der Waals surface area (Å²) in [7, 11) is 0. The van der Waals surface area contributed by atoms with Crippen molar-refractivity contribution in [3.8, 4) is 0 Å². The van der Waals surface area contributed by atoms with E-state index in [1.165, 1.54) is 6.92 Å². The zero-order chi connectivity index (χ0) is 12.8. The molecule has 1 aromatic carbocycles. The second-order valence-electron chi connectivity index (χ2n) is 3.75. The highest BCUT2D eigenvalue weighted by Gasteiger charge is 2.09. The van der Waals surface area contributed by atoms with Gasteiger partial charge >= 0.3 is 5.97 Å². The molecule has 1 amide bonds. The summed E-state index contributed by atoms with van der Waals surface area (Å²) in [5.74, 6) is -1.09. The smallest absolute Gasteiger partial charge is 0.303 e. The highest BCUT2D eigenvalue weighted by Crippen LogP contribution is 2.20. The fraction of sp³-hybridized carbons (Fsp3) is 0.333. The topological polar surface area (TPSA) is 86.6 Å². The molecular weight excluding hydrogens is 222 g/mol. The Kier molecular flexibility index (Phi) is 4.66. The Morgan fingerprint density at radius 1 is 1.29 bits per heavy atom. The largest absolute Gasteiger partial charge is 0.481 e. The molecule has 0 aromatic heterocycles. The highest BCUT2D eigenvalue weighted by atomic mass is 16.4. The van der Waals surface area contributed by atoms with Gasteiger partial charge < -0.3 is 15.5 Å². The van der Waals surface area contributed by atoms with E-state index < -0.39 is 12.1 Å². The Morgan fingerprint density at radius 3 is 2.35 bits per heavy atom. The Balaban J connectivity index is 2.60. The molecule has 0 aliphatic rings.